The molecule has 0 N–H and O–H groups in total. The van der Waals surface area contributed by atoms with Gasteiger partial charge in [-0.15, -0.1) is 0 Å². The second-order valence-corrected chi connectivity index (χ2v) is 3.37. The Labute approximate surface area is 90.3 Å². The van der Waals surface area contributed by atoms with Crippen molar-refractivity contribution in [3.8, 4) is 11.8 Å². The van der Waals surface area contributed by atoms with Crippen molar-refractivity contribution in [2.24, 2.45) is 0 Å². The first-order chi connectivity index (χ1) is 6.84. The van der Waals surface area contributed by atoms with E-state index in [1.807, 2.05) is 49.9 Å². The van der Waals surface area contributed by atoms with Gasteiger partial charge in [-0.2, -0.15) is 0 Å². The van der Waals surface area contributed by atoms with Gasteiger partial charge in [-0.05, 0) is 49.9 Å². The molecule has 0 nitrogen and oxygen atoms in total. The molecule has 1 saturated carbocycles. The average molecular weight is 200 g/mol. The summed E-state index contributed by atoms with van der Waals surface area (Å²) in [6.45, 7) is 0. The molecule has 0 atom stereocenters. The highest BCUT2D eigenvalue weighted by molar-refractivity contribution is 6.30. The highest BCUT2D eigenvalue weighted by Crippen LogP contribution is 2.21. The van der Waals surface area contributed by atoms with Crippen LogP contribution in [-0.2, 0) is 0 Å². The quantitative estimate of drug-likeness (QED) is 0.564. The Hall–Kier alpha value is -0.930. The van der Waals surface area contributed by atoms with E-state index in [-0.39, 0.29) is 0 Å². The second kappa shape index (κ2) is 4.53. The molecule has 5 radical (unpaired) electrons. The van der Waals surface area contributed by atoms with Gasteiger partial charge < -0.3 is 0 Å². The van der Waals surface area contributed by atoms with Crippen LogP contribution in [0.15, 0.2) is 24.3 Å². The van der Waals surface area contributed by atoms with Crippen molar-refractivity contribution in [1.82, 2.24) is 0 Å². The summed E-state index contributed by atoms with van der Waals surface area (Å²) in [7, 11) is 0. The van der Waals surface area contributed by atoms with Crippen molar-refractivity contribution < 1.29 is 0 Å². The zero-order chi connectivity index (χ0) is 9.80. The predicted molar refractivity (Wildman–Crippen MR) is 58.8 cm³/mol. The lowest BCUT2D eigenvalue weighted by molar-refractivity contribution is 1.43. The molecule has 0 amide bonds. The van der Waals surface area contributed by atoms with E-state index in [4.69, 9.17) is 11.6 Å². The van der Waals surface area contributed by atoms with Gasteiger partial charge in [-0.25, -0.2) is 0 Å². The minimum absolute atomic E-state index is 0.740. The lowest BCUT2D eigenvalue weighted by Gasteiger charge is -1.94. The van der Waals surface area contributed by atoms with Crippen LogP contribution in [0.25, 0.3) is 0 Å². The maximum Gasteiger partial charge on any atom is 0.0558 e. The van der Waals surface area contributed by atoms with E-state index in [1.54, 1.807) is 0 Å². The molecule has 1 aliphatic carbocycles. The number of halogens is 1. The fraction of sp³-hybridized carbons (Fsp3) is 0. The van der Waals surface area contributed by atoms with Crippen LogP contribution in [0.4, 0.5) is 0 Å². The van der Waals surface area contributed by atoms with Gasteiger partial charge >= 0.3 is 0 Å². The molecule has 0 unspecified atom stereocenters. The molecule has 14 heavy (non-hydrogen) atoms. The summed E-state index contributed by atoms with van der Waals surface area (Å²) in [5, 5.41) is 0.740. The van der Waals surface area contributed by atoms with Gasteiger partial charge in [-0.1, -0.05) is 23.4 Å². The van der Waals surface area contributed by atoms with Gasteiger partial charge in [0.25, 0.3) is 0 Å². The minimum atomic E-state index is 0.740. The largest absolute Gasteiger partial charge is 0.0888 e. The number of rotatable bonds is 0. The Bertz CT molecular complexity index is 347. The molecule has 0 aliphatic heterocycles. The van der Waals surface area contributed by atoms with Crippen molar-refractivity contribution in [2.75, 3.05) is 0 Å². The molecule has 0 spiro atoms. The van der Waals surface area contributed by atoms with E-state index in [0.717, 1.165) is 16.5 Å². The molecular weight excluding hydrogens is 192 g/mol. The zero-order valence-corrected chi connectivity index (χ0v) is 8.25. The van der Waals surface area contributed by atoms with Crippen LogP contribution in [0.3, 0.4) is 0 Å². The van der Waals surface area contributed by atoms with Crippen LogP contribution in [0, 0.1) is 43.4 Å². The zero-order valence-electron chi connectivity index (χ0n) is 7.50. The molecule has 0 aromatic heterocycles. The molecule has 0 saturated heterocycles. The van der Waals surface area contributed by atoms with E-state index in [0.29, 0.717) is 0 Å². The maximum absolute atomic E-state index is 5.76. The summed E-state index contributed by atoms with van der Waals surface area (Å²) in [5.41, 5.74) is 0.982. The standard InChI is InChI=1S/C13H8Cl/c14-13-9-7-12(8-10-13)6-5-11-3-1-2-4-11/h1-4,7-10H. The van der Waals surface area contributed by atoms with E-state index >= 15 is 0 Å². The van der Waals surface area contributed by atoms with Gasteiger partial charge in [0, 0.05) is 10.6 Å². The Morgan fingerprint density at radius 1 is 0.857 bits per heavy atom. The first-order valence-electron chi connectivity index (χ1n) is 4.34. The van der Waals surface area contributed by atoms with Gasteiger partial charge in [0.15, 0.2) is 0 Å². The molecular formula is C13H8Cl. The van der Waals surface area contributed by atoms with E-state index in [9.17, 15) is 0 Å². The van der Waals surface area contributed by atoms with Crippen molar-refractivity contribution >= 4 is 11.6 Å². The summed E-state index contributed by atoms with van der Waals surface area (Å²) < 4.78 is 0. The minimum Gasteiger partial charge on any atom is -0.0888 e. The predicted octanol–water partition coefficient (Wildman–Crippen LogP) is 3.10. The van der Waals surface area contributed by atoms with E-state index in [2.05, 4.69) is 11.8 Å². The first kappa shape index (κ1) is 9.62. The number of hydrogen-bond donors (Lipinski definition) is 0. The van der Waals surface area contributed by atoms with Crippen LogP contribution in [0.5, 0.6) is 0 Å². The van der Waals surface area contributed by atoms with Gasteiger partial charge in [0.2, 0.25) is 0 Å². The fourth-order valence-corrected chi connectivity index (χ4v) is 1.26. The lowest BCUT2D eigenvalue weighted by Crippen LogP contribution is -1.85. The Balaban J connectivity index is 2.05. The molecule has 2 rings (SSSR count). The third kappa shape index (κ3) is 2.53. The normalized spacial score (nSPS) is 16.4. The highest BCUT2D eigenvalue weighted by atomic mass is 35.5. The van der Waals surface area contributed by atoms with Crippen molar-refractivity contribution in [2.45, 2.75) is 0 Å². The van der Waals surface area contributed by atoms with Gasteiger partial charge in [0.05, 0.1) is 5.92 Å². The van der Waals surface area contributed by atoms with Crippen LogP contribution in [0.1, 0.15) is 5.56 Å². The third-order valence-corrected chi connectivity index (χ3v) is 2.11. The summed E-state index contributed by atoms with van der Waals surface area (Å²) in [4.78, 5) is 0. The molecule has 0 bridgehead atoms. The Kier molecular flexibility index (Phi) is 3.11. The number of hydrogen-bond acceptors (Lipinski definition) is 0. The highest BCUT2D eigenvalue weighted by Gasteiger charge is 2.13. The first-order valence-corrected chi connectivity index (χ1v) is 4.72. The van der Waals surface area contributed by atoms with Crippen molar-refractivity contribution in [3.05, 3.63) is 66.5 Å². The van der Waals surface area contributed by atoms with E-state index in [1.165, 1.54) is 0 Å². The monoisotopic (exact) mass is 199 g/mol. The Morgan fingerprint density at radius 2 is 1.50 bits per heavy atom. The molecule has 1 aromatic carbocycles. The second-order valence-electron chi connectivity index (χ2n) is 2.93. The molecule has 1 aliphatic rings. The molecule has 67 valence electrons. The van der Waals surface area contributed by atoms with Gasteiger partial charge in [0.1, 0.15) is 0 Å². The molecule has 0 heterocycles. The van der Waals surface area contributed by atoms with Crippen LogP contribution in [-0.4, -0.2) is 0 Å². The molecule has 1 heteroatoms. The van der Waals surface area contributed by atoms with Crippen molar-refractivity contribution in [1.29, 1.82) is 0 Å². The van der Waals surface area contributed by atoms with E-state index < -0.39 is 0 Å². The number of benzene rings is 1. The maximum atomic E-state index is 5.76. The van der Waals surface area contributed by atoms with Crippen LogP contribution in [0.2, 0.25) is 5.02 Å². The fourth-order valence-electron chi connectivity index (χ4n) is 1.13. The molecule has 1 aromatic rings. The summed E-state index contributed by atoms with van der Waals surface area (Å²) in [6, 6.07) is 7.52. The topological polar surface area (TPSA) is 0 Å². The summed E-state index contributed by atoms with van der Waals surface area (Å²) >= 11 is 5.76. The Morgan fingerprint density at radius 3 is 2.14 bits per heavy atom. The van der Waals surface area contributed by atoms with Crippen LogP contribution >= 0.6 is 11.6 Å². The lowest BCUT2D eigenvalue weighted by atomic mass is 10.1. The van der Waals surface area contributed by atoms with Crippen molar-refractivity contribution in [3.63, 3.8) is 0 Å². The molecule has 1 fully saturated rings. The smallest absolute Gasteiger partial charge is 0.0558 e. The van der Waals surface area contributed by atoms with Gasteiger partial charge in [-0.3, -0.25) is 0 Å². The average Bonchev–Trinajstić information content (AvgIpc) is 2.70. The summed E-state index contributed by atoms with van der Waals surface area (Å²) in [5.74, 6) is 7.17. The SMILES string of the molecule is Clc1ccc(C#C[C]2[CH][CH][CH][CH]2)cc1. The third-order valence-electron chi connectivity index (χ3n) is 1.86. The van der Waals surface area contributed by atoms with Crippen LogP contribution < -0.4 is 0 Å². The summed E-state index contributed by atoms with van der Waals surface area (Å²) in [6.07, 6.45) is 7.93.